The molecule has 0 aliphatic carbocycles. The van der Waals surface area contributed by atoms with Gasteiger partial charge in [0.2, 0.25) is 29.5 Å². The van der Waals surface area contributed by atoms with Crippen molar-refractivity contribution < 1.29 is 43.8 Å². The highest BCUT2D eigenvalue weighted by Crippen LogP contribution is 2.09. The number of nitrogens with one attached hydrogen (secondary N) is 4. The first-order valence-corrected chi connectivity index (χ1v) is 11.7. The number of carbonyl (C=O) groups is 7. The molecule has 0 spiro atoms. The summed E-state index contributed by atoms with van der Waals surface area (Å²) in [6, 6.07) is -6.15. The van der Waals surface area contributed by atoms with E-state index in [0.717, 1.165) is 6.92 Å². The van der Waals surface area contributed by atoms with Gasteiger partial charge in [0, 0.05) is 26.0 Å². The number of aliphatic carboxylic acids is 2. The third kappa shape index (κ3) is 11.1. The molecule has 1 aliphatic heterocycles. The maximum atomic E-state index is 13.0. The summed E-state index contributed by atoms with van der Waals surface area (Å²) in [4.78, 5) is 91.9. The van der Waals surface area contributed by atoms with E-state index in [1.54, 1.807) is 13.8 Å². The van der Waals surface area contributed by atoms with E-state index in [1.165, 1.54) is 12.6 Å². The molecule has 1 rings (SSSR count). The molecule has 0 aromatic rings. The summed E-state index contributed by atoms with van der Waals surface area (Å²) in [7, 11) is 0. The number of amides is 5. The number of rotatable bonds is 16. The van der Waals surface area contributed by atoms with Crippen LogP contribution in [0.5, 0.6) is 0 Å². The van der Waals surface area contributed by atoms with Gasteiger partial charge >= 0.3 is 11.9 Å². The van der Waals surface area contributed by atoms with Crippen molar-refractivity contribution in [3.8, 4) is 0 Å². The fourth-order valence-electron chi connectivity index (χ4n) is 3.39. The molecule has 0 aromatic heterocycles. The van der Waals surface area contributed by atoms with Gasteiger partial charge < -0.3 is 37.2 Å². The third-order valence-electron chi connectivity index (χ3n) is 5.31. The lowest BCUT2D eigenvalue weighted by Gasteiger charge is -2.27. The molecule has 16 heteroatoms. The summed E-state index contributed by atoms with van der Waals surface area (Å²) in [6.45, 7) is 4.25. The van der Waals surface area contributed by atoms with Gasteiger partial charge in [-0.25, -0.2) is 9.79 Å². The number of hydrogen-bond acceptors (Lipinski definition) is 9. The molecular weight excluding hydrogens is 506 g/mol. The Hall–Kier alpha value is -4.37. The van der Waals surface area contributed by atoms with Crippen molar-refractivity contribution in [2.75, 3.05) is 0 Å². The van der Waals surface area contributed by atoms with Crippen molar-refractivity contribution in [3.63, 3.8) is 0 Å². The third-order valence-corrected chi connectivity index (χ3v) is 5.31. The topological polar surface area (TPSA) is 259 Å². The largest absolute Gasteiger partial charge is 0.481 e. The summed E-state index contributed by atoms with van der Waals surface area (Å²) < 4.78 is 0. The Bertz CT molecular complexity index is 984. The van der Waals surface area contributed by atoms with Gasteiger partial charge in [0.15, 0.2) is 0 Å². The Morgan fingerprint density at radius 3 is 1.97 bits per heavy atom. The Morgan fingerprint density at radius 2 is 1.50 bits per heavy atom. The van der Waals surface area contributed by atoms with Gasteiger partial charge in [0.25, 0.3) is 0 Å². The molecule has 0 aromatic carbocycles. The second-order valence-electron chi connectivity index (χ2n) is 8.91. The molecule has 0 fully saturated rings. The van der Waals surface area contributed by atoms with Crippen molar-refractivity contribution in [1.29, 1.82) is 0 Å². The summed E-state index contributed by atoms with van der Waals surface area (Å²) in [5.41, 5.74) is 5.08. The molecule has 1 heterocycles. The summed E-state index contributed by atoms with van der Waals surface area (Å²) >= 11 is 0. The molecule has 0 radical (unpaired) electrons. The van der Waals surface area contributed by atoms with Crippen LogP contribution < -0.4 is 27.0 Å². The van der Waals surface area contributed by atoms with Crippen molar-refractivity contribution >= 4 is 54.0 Å². The van der Waals surface area contributed by atoms with Crippen molar-refractivity contribution in [2.45, 2.75) is 76.7 Å². The fraction of sp³-hybridized carbons (Fsp3) is 0.591. The molecule has 0 saturated heterocycles. The van der Waals surface area contributed by atoms with E-state index in [9.17, 15) is 43.8 Å². The van der Waals surface area contributed by atoms with Crippen LogP contribution in [0, 0.1) is 5.92 Å². The Balaban J connectivity index is 3.01. The van der Waals surface area contributed by atoms with E-state index in [0.29, 0.717) is 0 Å². The number of carboxylic acid groups (broad SMARTS) is 2. The lowest BCUT2D eigenvalue weighted by Crippen LogP contribution is -2.59. The second kappa shape index (κ2) is 15.0. The highest BCUT2D eigenvalue weighted by molar-refractivity contribution is 5.96. The average molecular weight is 540 g/mol. The Labute approximate surface area is 217 Å². The van der Waals surface area contributed by atoms with Crippen LogP contribution in [0.4, 0.5) is 0 Å². The average Bonchev–Trinajstić information content (AvgIpc) is 3.31. The van der Waals surface area contributed by atoms with E-state index in [4.69, 9.17) is 5.73 Å². The minimum absolute atomic E-state index is 0.0899. The zero-order valence-electron chi connectivity index (χ0n) is 21.2. The fourth-order valence-corrected chi connectivity index (χ4v) is 3.39. The number of nitrogens with two attached hydrogens (primary N) is 1. The zero-order valence-corrected chi connectivity index (χ0v) is 21.2. The molecule has 0 saturated carbocycles. The minimum atomic E-state index is -1.67. The highest BCUT2D eigenvalue weighted by Gasteiger charge is 2.34. The van der Waals surface area contributed by atoms with Gasteiger partial charge in [0.1, 0.15) is 30.5 Å². The molecule has 8 N–H and O–H groups in total. The van der Waals surface area contributed by atoms with Gasteiger partial charge in [-0.05, 0) is 12.3 Å². The minimum Gasteiger partial charge on any atom is -0.481 e. The molecule has 1 unspecified atom stereocenters. The molecule has 210 valence electrons. The van der Waals surface area contributed by atoms with Crippen LogP contribution in [0.3, 0.4) is 0 Å². The second-order valence-corrected chi connectivity index (χ2v) is 8.91. The SMILES string of the molecule is CC(=O)N[C@@H](CCC(N)=O)C(=O)N[C@@H](CC(=O)O)C(=O)N[C@H](C(=O)N[C@@H](CC1C=NC=N1)C(=O)O)C(C)C. The molecule has 16 nitrogen and oxygen atoms in total. The van der Waals surface area contributed by atoms with Crippen molar-refractivity contribution in [3.05, 3.63) is 0 Å². The predicted molar refractivity (Wildman–Crippen MR) is 132 cm³/mol. The molecular formula is C22H33N7O9. The lowest BCUT2D eigenvalue weighted by atomic mass is 10.0. The normalized spacial score (nSPS) is 17.1. The lowest BCUT2D eigenvalue weighted by molar-refractivity contribution is -0.143. The summed E-state index contributed by atoms with van der Waals surface area (Å²) in [6.07, 6.45) is 1.24. The maximum absolute atomic E-state index is 13.0. The van der Waals surface area contributed by atoms with E-state index >= 15 is 0 Å². The first-order chi connectivity index (χ1) is 17.7. The Morgan fingerprint density at radius 1 is 0.895 bits per heavy atom. The van der Waals surface area contributed by atoms with E-state index in [2.05, 4.69) is 31.3 Å². The zero-order chi connectivity index (χ0) is 29.0. The van der Waals surface area contributed by atoms with Crippen molar-refractivity contribution in [2.24, 2.45) is 21.6 Å². The summed E-state index contributed by atoms with van der Waals surface area (Å²) in [5, 5.41) is 27.9. The number of hydrogen-bond donors (Lipinski definition) is 7. The van der Waals surface area contributed by atoms with Crippen LogP contribution in [0.25, 0.3) is 0 Å². The van der Waals surface area contributed by atoms with Crippen LogP contribution in [0.15, 0.2) is 9.98 Å². The monoisotopic (exact) mass is 539 g/mol. The number of carbonyl (C=O) groups excluding carboxylic acids is 5. The van der Waals surface area contributed by atoms with Crippen LogP contribution in [-0.4, -0.2) is 94.4 Å². The highest BCUT2D eigenvalue weighted by atomic mass is 16.4. The van der Waals surface area contributed by atoms with E-state index in [1.807, 2.05) is 0 Å². The van der Waals surface area contributed by atoms with Gasteiger partial charge in [0.05, 0.1) is 12.5 Å². The number of nitrogens with zero attached hydrogens (tertiary/aromatic N) is 2. The molecule has 38 heavy (non-hydrogen) atoms. The predicted octanol–water partition coefficient (Wildman–Crippen LogP) is -2.70. The van der Waals surface area contributed by atoms with Crippen LogP contribution in [0.1, 0.15) is 46.5 Å². The Kier molecular flexibility index (Phi) is 12.5. The van der Waals surface area contributed by atoms with Crippen LogP contribution >= 0.6 is 0 Å². The number of aliphatic imine (C=N–C) groups is 2. The maximum Gasteiger partial charge on any atom is 0.326 e. The van der Waals surface area contributed by atoms with E-state index < -0.39 is 84.0 Å². The quantitative estimate of drug-likeness (QED) is 0.107. The van der Waals surface area contributed by atoms with E-state index in [-0.39, 0.29) is 19.3 Å². The number of carboxylic acids is 2. The van der Waals surface area contributed by atoms with Crippen molar-refractivity contribution in [1.82, 2.24) is 21.3 Å². The van der Waals surface area contributed by atoms with Crippen LogP contribution in [-0.2, 0) is 33.6 Å². The standard InChI is InChI=1S/C22H33N7O9/c1-10(2)18(21(36)28-15(22(37)38)6-12-8-24-9-25-12)29-20(35)14(7-17(32)33)27-19(34)13(26-11(3)30)4-5-16(23)31/h8-10,12-15,18H,4-7H2,1-3H3,(H2,23,31)(H,26,30)(H,27,34)(H,28,36)(H,29,35)(H,32,33)(H,37,38)/t12?,13-,14-,15-,18-/m0/s1. The molecule has 0 bridgehead atoms. The summed E-state index contributed by atoms with van der Waals surface area (Å²) in [5.74, 6) is -7.55. The first kappa shape index (κ1) is 31.7. The van der Waals surface area contributed by atoms with Gasteiger partial charge in [-0.3, -0.25) is 33.8 Å². The van der Waals surface area contributed by atoms with Gasteiger partial charge in [-0.2, -0.15) is 0 Å². The molecule has 5 atom stereocenters. The smallest absolute Gasteiger partial charge is 0.326 e. The first-order valence-electron chi connectivity index (χ1n) is 11.7. The molecule has 5 amide bonds. The van der Waals surface area contributed by atoms with Crippen LogP contribution in [0.2, 0.25) is 0 Å². The molecule has 1 aliphatic rings. The van der Waals surface area contributed by atoms with Gasteiger partial charge in [-0.15, -0.1) is 0 Å². The number of primary amides is 1. The van der Waals surface area contributed by atoms with Gasteiger partial charge in [-0.1, -0.05) is 13.8 Å².